The zero-order valence-corrected chi connectivity index (χ0v) is 19.2. The largest absolute Gasteiger partial charge is 0.369 e. The van der Waals surface area contributed by atoms with Crippen LogP contribution in [-0.4, -0.2) is 16.9 Å². The lowest BCUT2D eigenvalue weighted by Gasteiger charge is -2.09. The summed E-state index contributed by atoms with van der Waals surface area (Å²) >= 11 is 0. The highest BCUT2D eigenvalue weighted by molar-refractivity contribution is 5.95. The highest BCUT2D eigenvalue weighted by Crippen LogP contribution is 2.23. The number of hydrogen-bond acceptors (Lipinski definition) is 4. The van der Waals surface area contributed by atoms with Crippen LogP contribution in [0.4, 0.5) is 17.2 Å². The number of aromatic nitrogens is 1. The smallest absolute Gasteiger partial charge is 0.228 e. The van der Waals surface area contributed by atoms with Gasteiger partial charge >= 0.3 is 0 Å². The van der Waals surface area contributed by atoms with Crippen molar-refractivity contribution in [1.82, 2.24) is 4.98 Å². The summed E-state index contributed by atoms with van der Waals surface area (Å²) in [7, 11) is 0. The first-order chi connectivity index (χ1) is 17.0. The summed E-state index contributed by atoms with van der Waals surface area (Å²) in [6.45, 7) is 1.94. The Kier molecular flexibility index (Phi) is 7.14. The summed E-state index contributed by atoms with van der Waals surface area (Å²) in [6, 6.07) is 28.4. The number of carbonyl (C=O) groups is 1. The van der Waals surface area contributed by atoms with Crippen LogP contribution in [0, 0.1) is 18.3 Å². The number of nitriles is 1. The number of carbonyl (C=O) groups excluding carboxylic acids is 1. The number of nitrogens with two attached hydrogens (primary N) is 1. The second-order valence-corrected chi connectivity index (χ2v) is 7.98. The number of rotatable bonds is 6. The van der Waals surface area contributed by atoms with E-state index in [0.717, 1.165) is 27.9 Å². The zero-order chi connectivity index (χ0) is 24.6. The van der Waals surface area contributed by atoms with Crippen molar-refractivity contribution in [2.24, 2.45) is 10.7 Å². The molecule has 0 aliphatic heterocycles. The van der Waals surface area contributed by atoms with Crippen LogP contribution in [0.15, 0.2) is 96.1 Å². The Bertz CT molecular complexity index is 1390. The highest BCUT2D eigenvalue weighted by Gasteiger charge is 2.06. The molecule has 3 aromatic carbocycles. The fraction of sp³-hybridized carbons (Fsp3) is 0.0714. The summed E-state index contributed by atoms with van der Waals surface area (Å²) in [5.74, 6) is 0.518. The molecule has 0 atom stereocenters. The maximum absolute atomic E-state index is 12.3. The highest BCUT2D eigenvalue weighted by atomic mass is 16.1. The Morgan fingerprint density at radius 3 is 2.40 bits per heavy atom. The minimum absolute atomic E-state index is 0.0633. The summed E-state index contributed by atoms with van der Waals surface area (Å²) in [6.07, 6.45) is 2.04. The SMILES string of the molecule is Cc1ccc(C#N)c(NC(N)=Nc2ccc(-c3ccc(NC(=O)Cc4ccccc4)cc3)cn2)c1. The maximum atomic E-state index is 12.3. The zero-order valence-electron chi connectivity index (χ0n) is 19.2. The number of nitrogens with zero attached hydrogens (tertiary/aromatic N) is 3. The van der Waals surface area contributed by atoms with Crippen molar-refractivity contribution in [1.29, 1.82) is 5.26 Å². The molecule has 0 bridgehead atoms. The van der Waals surface area contributed by atoms with Gasteiger partial charge in [-0.1, -0.05) is 48.5 Å². The van der Waals surface area contributed by atoms with E-state index < -0.39 is 0 Å². The van der Waals surface area contributed by atoms with Gasteiger partial charge in [0.25, 0.3) is 0 Å². The van der Waals surface area contributed by atoms with Gasteiger partial charge in [0, 0.05) is 17.4 Å². The second kappa shape index (κ2) is 10.8. The molecule has 1 amide bonds. The Morgan fingerprint density at radius 1 is 0.971 bits per heavy atom. The van der Waals surface area contributed by atoms with Crippen LogP contribution in [0.5, 0.6) is 0 Å². The third kappa shape index (κ3) is 6.30. The molecule has 0 fully saturated rings. The lowest BCUT2D eigenvalue weighted by atomic mass is 10.1. The number of anilines is 2. The van der Waals surface area contributed by atoms with Gasteiger partial charge < -0.3 is 16.4 Å². The number of benzene rings is 3. The number of amides is 1. The van der Waals surface area contributed by atoms with Gasteiger partial charge in [-0.3, -0.25) is 4.79 Å². The van der Waals surface area contributed by atoms with Crippen molar-refractivity contribution in [2.75, 3.05) is 10.6 Å². The molecule has 0 aliphatic carbocycles. The van der Waals surface area contributed by atoms with Crippen molar-refractivity contribution in [2.45, 2.75) is 13.3 Å². The van der Waals surface area contributed by atoms with Crippen LogP contribution in [0.1, 0.15) is 16.7 Å². The maximum Gasteiger partial charge on any atom is 0.228 e. The average Bonchev–Trinajstić information content (AvgIpc) is 2.86. The molecular weight excluding hydrogens is 436 g/mol. The van der Waals surface area contributed by atoms with Crippen LogP contribution in [-0.2, 0) is 11.2 Å². The lowest BCUT2D eigenvalue weighted by molar-refractivity contribution is -0.115. The second-order valence-electron chi connectivity index (χ2n) is 7.98. The molecule has 0 unspecified atom stereocenters. The van der Waals surface area contributed by atoms with Gasteiger partial charge in [-0.2, -0.15) is 10.3 Å². The van der Waals surface area contributed by atoms with Crippen LogP contribution in [0.2, 0.25) is 0 Å². The molecule has 1 heterocycles. The first kappa shape index (κ1) is 23.2. The third-order valence-corrected chi connectivity index (χ3v) is 5.25. The number of guanidine groups is 1. The summed E-state index contributed by atoms with van der Waals surface area (Å²) in [5, 5.41) is 15.1. The monoisotopic (exact) mass is 460 g/mol. The number of hydrogen-bond donors (Lipinski definition) is 3. The van der Waals surface area contributed by atoms with Crippen molar-refractivity contribution in [3.05, 3.63) is 108 Å². The molecule has 4 aromatic rings. The quantitative estimate of drug-likeness (QED) is 0.271. The van der Waals surface area contributed by atoms with Crippen molar-refractivity contribution >= 4 is 29.1 Å². The average molecular weight is 461 g/mol. The van der Waals surface area contributed by atoms with Gasteiger partial charge in [0.15, 0.2) is 11.8 Å². The molecule has 7 nitrogen and oxygen atoms in total. The summed E-state index contributed by atoms with van der Waals surface area (Å²) < 4.78 is 0. The number of pyridine rings is 1. The third-order valence-electron chi connectivity index (χ3n) is 5.25. The first-order valence-corrected chi connectivity index (χ1v) is 11.0. The number of nitrogens with one attached hydrogen (secondary N) is 2. The fourth-order valence-corrected chi connectivity index (χ4v) is 3.50. The lowest BCUT2D eigenvalue weighted by Crippen LogP contribution is -2.22. The molecular formula is C28H24N6O. The topological polar surface area (TPSA) is 116 Å². The van der Waals surface area contributed by atoms with Gasteiger partial charge in [0.1, 0.15) is 6.07 Å². The van der Waals surface area contributed by atoms with Gasteiger partial charge in [-0.05, 0) is 60.0 Å². The van der Waals surface area contributed by atoms with Crippen LogP contribution in [0.3, 0.4) is 0 Å². The Hall–Kier alpha value is -4.96. The molecule has 0 saturated carbocycles. The van der Waals surface area contributed by atoms with Gasteiger partial charge in [-0.15, -0.1) is 0 Å². The van der Waals surface area contributed by atoms with Gasteiger partial charge in [0.2, 0.25) is 5.91 Å². The molecule has 1 aromatic heterocycles. The normalized spacial score (nSPS) is 10.9. The molecule has 0 spiro atoms. The Morgan fingerprint density at radius 2 is 1.71 bits per heavy atom. The predicted molar refractivity (Wildman–Crippen MR) is 139 cm³/mol. The minimum atomic E-state index is -0.0633. The number of aryl methyl sites for hydroxylation is 1. The summed E-state index contributed by atoms with van der Waals surface area (Å²) in [4.78, 5) is 20.9. The van der Waals surface area contributed by atoms with E-state index in [1.54, 1.807) is 18.3 Å². The molecule has 172 valence electrons. The van der Waals surface area contributed by atoms with Crippen LogP contribution in [0.25, 0.3) is 11.1 Å². The van der Waals surface area contributed by atoms with E-state index in [0.29, 0.717) is 23.5 Å². The van der Waals surface area contributed by atoms with Crippen molar-refractivity contribution in [3.63, 3.8) is 0 Å². The Labute approximate surface area is 204 Å². The van der Waals surface area contributed by atoms with Crippen LogP contribution >= 0.6 is 0 Å². The molecule has 0 radical (unpaired) electrons. The number of aliphatic imine (C=N–C) groups is 1. The fourth-order valence-electron chi connectivity index (χ4n) is 3.50. The van der Waals surface area contributed by atoms with Crippen molar-refractivity contribution < 1.29 is 4.79 Å². The van der Waals surface area contributed by atoms with E-state index >= 15 is 0 Å². The van der Waals surface area contributed by atoms with Crippen LogP contribution < -0.4 is 16.4 Å². The standard InChI is InChI=1S/C28H24N6O/c1-19-7-8-22(17-29)25(15-19)33-28(30)34-26-14-11-23(18-31-26)21-9-12-24(13-10-21)32-27(35)16-20-5-3-2-4-6-20/h2-15,18H,16H2,1H3,(H,32,35)(H3,30,31,33,34). The van der Waals surface area contributed by atoms with E-state index in [9.17, 15) is 10.1 Å². The van der Waals surface area contributed by atoms with E-state index in [2.05, 4.69) is 26.7 Å². The molecule has 7 heteroatoms. The van der Waals surface area contributed by atoms with E-state index in [4.69, 9.17) is 5.73 Å². The summed E-state index contributed by atoms with van der Waals surface area (Å²) in [5.41, 5.74) is 11.7. The molecule has 0 aliphatic rings. The van der Waals surface area contributed by atoms with Crippen molar-refractivity contribution in [3.8, 4) is 17.2 Å². The molecule has 4 N–H and O–H groups in total. The Balaban J connectivity index is 1.39. The molecule has 0 saturated heterocycles. The van der Waals surface area contributed by atoms with Gasteiger partial charge in [-0.25, -0.2) is 4.98 Å². The molecule has 35 heavy (non-hydrogen) atoms. The molecule has 4 rings (SSSR count). The van der Waals surface area contributed by atoms with E-state index in [1.165, 1.54) is 0 Å². The van der Waals surface area contributed by atoms with E-state index in [1.807, 2.05) is 79.7 Å². The minimum Gasteiger partial charge on any atom is -0.369 e. The van der Waals surface area contributed by atoms with Gasteiger partial charge in [0.05, 0.1) is 17.7 Å². The first-order valence-electron chi connectivity index (χ1n) is 11.0. The predicted octanol–water partition coefficient (Wildman–Crippen LogP) is 5.17. The van der Waals surface area contributed by atoms with E-state index in [-0.39, 0.29) is 11.9 Å².